The molecule has 8 amide bonds. The van der Waals surface area contributed by atoms with Crippen LogP contribution < -0.4 is 41.0 Å². The highest BCUT2D eigenvalue weighted by Gasteiger charge is 2.25. The molecule has 7 N–H and O–H groups in total. The van der Waals surface area contributed by atoms with Crippen LogP contribution in [0.15, 0.2) is 37.4 Å². The van der Waals surface area contributed by atoms with Gasteiger partial charge in [0.05, 0.1) is 24.9 Å². The average molecular weight is 1380 g/mol. The molecule has 11 atom stereocenters. The van der Waals surface area contributed by atoms with E-state index in [4.69, 9.17) is 0 Å². The highest BCUT2D eigenvalue weighted by atomic mass is 32.2. The van der Waals surface area contributed by atoms with E-state index in [0.29, 0.717) is 67.3 Å². The number of carbonyl (C=O) groups excluding carboxylic acids is 8. The fourth-order valence-corrected chi connectivity index (χ4v) is 11.9. The summed E-state index contributed by atoms with van der Waals surface area (Å²) in [7, 11) is 3.32. The van der Waals surface area contributed by atoms with Crippen molar-refractivity contribution in [3.8, 4) is 0 Å². The van der Waals surface area contributed by atoms with Gasteiger partial charge in [-0.25, -0.2) is 22.1 Å². The predicted octanol–water partition coefficient (Wildman–Crippen LogP) is 9.75. The van der Waals surface area contributed by atoms with Crippen LogP contribution >= 0.6 is 0 Å². The second-order valence-electron chi connectivity index (χ2n) is 27.2. The Balaban J connectivity index is -0.000000529. The van der Waals surface area contributed by atoms with E-state index >= 15 is 0 Å². The first kappa shape index (κ1) is 96.5. The standard InChI is InChI=1S/C14H26N2O2.C13H23N3O.C13H24N2O2.C12H21N3O.C11H24N2O.C7H15NO3S.2CH4/c1-11(15-13(3)17)7-6-8-12(2)16-10-5-4-9-14(16)18;1-11(14-13(3)17)6-5-7-12(2)16-9-8-15(4)10-16;1-10(14-12(3)16)6-4-7-11(2)15-9-5-8-13(15)17;1-10(14-12(3)16)5-4-6-11(2)15-8-7-13-9-15;1-9(12-11(3)14)7-6-8-10(2)13(4)5;1-6(8-7(2)9)4-5-12(3,10)11;;/h11-12H,4-10H2,1-3H3,(H,15,17);8-12H,5-7H2,1-4H3;10-11H,4-9H2,1-3H3,(H,14,16);7-11H,4-6H2,1-3H3,(H,14,16);9-10H,6-8H2,1-5H3,(H,12,14);6H,4-5H2,1-3H3,(H,8,9);2*1H4/p+2. The number of carbonyl (C=O) groups is 8. The highest BCUT2D eigenvalue weighted by molar-refractivity contribution is 7.90. The summed E-state index contributed by atoms with van der Waals surface area (Å²) in [5.74, 6) is 0.838. The minimum atomic E-state index is -2.91. The number of aromatic nitrogens is 4. The summed E-state index contributed by atoms with van der Waals surface area (Å²) >= 11 is 0. The van der Waals surface area contributed by atoms with E-state index in [1.807, 2.05) is 49.4 Å². The smallest absolute Gasteiger partial charge is 0.243 e. The molecule has 2 saturated heterocycles. The summed E-state index contributed by atoms with van der Waals surface area (Å²) in [5.41, 5.74) is 0. The van der Waals surface area contributed by atoms with E-state index in [2.05, 4.69) is 144 Å². The summed E-state index contributed by atoms with van der Waals surface area (Å²) < 4.78 is 27.9. The number of hydrogen-bond acceptors (Lipinski definition) is 11. The van der Waals surface area contributed by atoms with Crippen LogP contribution in [0.4, 0.5) is 0 Å². The van der Waals surface area contributed by atoms with Crippen molar-refractivity contribution in [2.45, 2.75) is 334 Å². The number of rotatable bonds is 34. The van der Waals surface area contributed by atoms with Gasteiger partial charge in [0.1, 0.15) is 34.6 Å². The van der Waals surface area contributed by atoms with Crippen molar-refractivity contribution in [3.05, 3.63) is 37.4 Å². The van der Waals surface area contributed by atoms with E-state index in [-0.39, 0.29) is 86.3 Å². The van der Waals surface area contributed by atoms with Gasteiger partial charge in [-0.2, -0.15) is 0 Å². The van der Waals surface area contributed by atoms with Crippen LogP contribution in [0.5, 0.6) is 0 Å². The van der Waals surface area contributed by atoms with Gasteiger partial charge in [0.25, 0.3) is 0 Å². The Morgan fingerprint density at radius 1 is 0.500 bits per heavy atom. The number of likely N-dealkylation sites (tertiary alicyclic amines) is 2. The third-order valence-corrected chi connectivity index (χ3v) is 17.7. The Hall–Kier alpha value is -5.91. The molecule has 2 aromatic heterocycles. The van der Waals surface area contributed by atoms with Crippen molar-refractivity contribution in [3.63, 3.8) is 0 Å². The van der Waals surface area contributed by atoms with Crippen molar-refractivity contribution in [2.24, 2.45) is 7.05 Å². The van der Waals surface area contributed by atoms with Crippen molar-refractivity contribution in [1.29, 1.82) is 0 Å². The molecule has 2 aliphatic rings. The first-order valence-corrected chi connectivity index (χ1v) is 37.0. The number of amides is 8. The van der Waals surface area contributed by atoms with Gasteiger partial charge in [-0.3, -0.25) is 43.3 Å². The van der Waals surface area contributed by atoms with Crippen LogP contribution in [0, 0.1) is 0 Å². The van der Waals surface area contributed by atoms with Gasteiger partial charge in [-0.05, 0) is 212 Å². The monoisotopic (exact) mass is 1380 g/mol. The summed E-state index contributed by atoms with van der Waals surface area (Å²) in [6.07, 6.45) is 34.6. The predicted molar refractivity (Wildman–Crippen MR) is 391 cm³/mol. The van der Waals surface area contributed by atoms with Crippen molar-refractivity contribution < 1.29 is 55.9 Å². The number of piperidine rings is 1. The van der Waals surface area contributed by atoms with Gasteiger partial charge in [-0.15, -0.1) is 0 Å². The molecular weight excluding hydrogens is 1240 g/mol. The molecule has 2 fully saturated rings. The number of imidazole rings is 2. The molecule has 24 heteroatoms. The molecule has 560 valence electrons. The SMILES string of the molecule is C.C.CC(=O)NC(C)CCCC(C)N(C)C.CC(=O)NC(C)CCCC(C)N1CCCC1=O.CC(=O)NC(C)CCCC(C)N1CCCCC1=O.CC(=O)NC(C)CCCC(C)[n+]1cc[nH]c1.CC(=O)NC(C)CCCC(C)n1cc[n+](C)c1.CC(=O)NC(C)CCS(C)(=O)=O. The second-order valence-corrected chi connectivity index (χ2v) is 29.5. The van der Waals surface area contributed by atoms with Crippen molar-refractivity contribution in [2.75, 3.05) is 39.2 Å². The van der Waals surface area contributed by atoms with Gasteiger partial charge in [-0.1, -0.05) is 14.9 Å². The number of nitrogens with zero attached hydrogens (tertiary/aromatic N) is 6. The minimum Gasteiger partial charge on any atom is -0.354 e. The second kappa shape index (κ2) is 55.0. The van der Waals surface area contributed by atoms with Crippen molar-refractivity contribution in [1.82, 2.24) is 56.2 Å². The molecule has 0 spiro atoms. The molecule has 2 aliphatic heterocycles. The molecule has 0 aromatic carbocycles. The molecule has 0 radical (unpaired) electrons. The fourth-order valence-electron chi connectivity index (χ4n) is 11.1. The average Bonchev–Trinajstić information content (AvgIpc) is 1.51. The van der Waals surface area contributed by atoms with Crippen LogP contribution in [-0.4, -0.2) is 173 Å². The lowest BCUT2D eigenvalue weighted by Gasteiger charge is -2.32. The van der Waals surface area contributed by atoms with Gasteiger partial charge in [0.2, 0.25) is 59.9 Å². The van der Waals surface area contributed by atoms with Crippen LogP contribution in [0.1, 0.15) is 279 Å². The number of hydrogen-bond donors (Lipinski definition) is 7. The lowest BCUT2D eigenvalue weighted by molar-refractivity contribution is -0.719. The third kappa shape index (κ3) is 54.1. The van der Waals surface area contributed by atoms with Crippen LogP contribution in [0.25, 0.3) is 0 Å². The number of sulfone groups is 1. The van der Waals surface area contributed by atoms with E-state index in [1.54, 1.807) is 41.5 Å². The third-order valence-electron chi connectivity index (χ3n) is 16.7. The molecule has 23 nitrogen and oxygen atoms in total. The molecule has 4 heterocycles. The number of nitrogens with one attached hydrogen (secondary N) is 7. The Morgan fingerprint density at radius 3 is 1.16 bits per heavy atom. The zero-order valence-corrected chi connectivity index (χ0v) is 63.3. The molecule has 0 bridgehead atoms. The Labute approximate surface area is 584 Å². The molecular formula is C72H143N13O10S+2. The zero-order chi connectivity index (χ0) is 72.1. The van der Waals surface area contributed by atoms with E-state index in [0.717, 1.165) is 116 Å². The van der Waals surface area contributed by atoms with Gasteiger partial charge in [0, 0.05) is 128 Å². The Kier molecular flexibility index (Phi) is 55.3. The molecule has 11 unspecified atom stereocenters. The molecule has 0 aliphatic carbocycles. The maximum atomic E-state index is 11.7. The number of aromatic amines is 1. The first-order chi connectivity index (χ1) is 43.8. The quantitative estimate of drug-likeness (QED) is 0.0324. The van der Waals surface area contributed by atoms with Crippen molar-refractivity contribution >= 4 is 57.1 Å². The van der Waals surface area contributed by atoms with Gasteiger partial charge in [0.15, 0.2) is 0 Å². The zero-order valence-electron chi connectivity index (χ0n) is 62.5. The molecule has 0 saturated carbocycles. The maximum absolute atomic E-state index is 11.7. The summed E-state index contributed by atoms with van der Waals surface area (Å²) in [6, 6.07) is 3.58. The first-order valence-electron chi connectivity index (χ1n) is 34.9. The number of H-pyrrole nitrogens is 1. The van der Waals surface area contributed by atoms with E-state index in [1.165, 1.54) is 26.0 Å². The van der Waals surface area contributed by atoms with Gasteiger partial charge < -0.3 is 46.6 Å². The summed E-state index contributed by atoms with van der Waals surface area (Å²) in [5, 5.41) is 17.1. The molecule has 4 rings (SSSR count). The van der Waals surface area contributed by atoms with E-state index < -0.39 is 9.84 Å². The lowest BCUT2D eigenvalue weighted by Crippen LogP contribution is -2.41. The fraction of sp³-hybridized carbons (Fsp3) is 0.806. The van der Waals surface area contributed by atoms with Crippen LogP contribution in [0.2, 0.25) is 0 Å². The molecule has 96 heavy (non-hydrogen) atoms. The largest absolute Gasteiger partial charge is 0.354 e. The Bertz CT molecular complexity index is 2530. The summed E-state index contributed by atoms with van der Waals surface area (Å²) in [4.78, 5) is 97.2. The normalized spacial score (nSPS) is 16.0. The van der Waals surface area contributed by atoms with Crippen LogP contribution in [0.3, 0.4) is 0 Å². The van der Waals surface area contributed by atoms with Crippen LogP contribution in [-0.2, 0) is 55.2 Å². The lowest BCUT2D eigenvalue weighted by atomic mass is 10.0. The van der Waals surface area contributed by atoms with E-state index in [9.17, 15) is 46.8 Å². The minimum absolute atomic E-state index is 0. The highest BCUT2D eigenvalue weighted by Crippen LogP contribution is 2.20. The maximum Gasteiger partial charge on any atom is 0.243 e. The topological polar surface area (TPSA) is 281 Å². The van der Waals surface area contributed by atoms with Gasteiger partial charge >= 0.3 is 0 Å². The number of aryl methyl sites for hydroxylation is 1. The Morgan fingerprint density at radius 2 is 0.844 bits per heavy atom. The summed E-state index contributed by atoms with van der Waals surface area (Å²) in [6.45, 7) is 33.9. The molecule has 2 aromatic rings.